The van der Waals surface area contributed by atoms with Crippen LogP contribution in [0.1, 0.15) is 29.3 Å². The van der Waals surface area contributed by atoms with E-state index in [0.717, 1.165) is 12.8 Å². The summed E-state index contributed by atoms with van der Waals surface area (Å²) in [5.41, 5.74) is 1.41. The smallest absolute Gasteiger partial charge is 0.173 e. The van der Waals surface area contributed by atoms with Gasteiger partial charge in [-0.05, 0) is 36.2 Å². The molecule has 0 fully saturated rings. The van der Waals surface area contributed by atoms with Crippen LogP contribution in [0.15, 0.2) is 42.5 Å². The molecule has 0 atom stereocenters. The summed E-state index contributed by atoms with van der Waals surface area (Å²) in [4.78, 5) is 10.9. The Morgan fingerprint density at radius 2 is 1.89 bits per heavy atom. The van der Waals surface area contributed by atoms with Crippen LogP contribution in [0.4, 0.5) is 4.39 Å². The van der Waals surface area contributed by atoms with Gasteiger partial charge in [-0.15, -0.1) is 0 Å². The number of para-hydroxylation sites is 1. The summed E-state index contributed by atoms with van der Waals surface area (Å²) in [6.07, 6.45) is 2.66. The molecule has 0 bridgehead atoms. The van der Waals surface area contributed by atoms with E-state index in [-0.39, 0.29) is 11.3 Å². The van der Waals surface area contributed by atoms with E-state index < -0.39 is 5.82 Å². The number of halogens is 1. The van der Waals surface area contributed by atoms with Crippen LogP contribution in [0.3, 0.4) is 0 Å². The largest absolute Gasteiger partial charge is 0.454 e. The minimum atomic E-state index is -0.540. The van der Waals surface area contributed by atoms with Gasteiger partial charge in [0.2, 0.25) is 0 Å². The standard InChI is InChI=1S/C16H15FO2/c1-2-4-12-7-9-14(10-8-12)19-16-13(11-18)5-3-6-15(16)17/h3,5-11H,2,4H2,1H3. The third-order valence-electron chi connectivity index (χ3n) is 2.81. The van der Waals surface area contributed by atoms with Gasteiger partial charge in [0.15, 0.2) is 17.9 Å². The molecule has 0 radical (unpaired) electrons. The lowest BCUT2D eigenvalue weighted by molar-refractivity contribution is 0.112. The molecule has 0 aliphatic rings. The Hall–Kier alpha value is -2.16. The van der Waals surface area contributed by atoms with Gasteiger partial charge in [-0.2, -0.15) is 0 Å². The number of hydrogen-bond donors (Lipinski definition) is 0. The van der Waals surface area contributed by atoms with E-state index >= 15 is 0 Å². The van der Waals surface area contributed by atoms with Crippen LogP contribution < -0.4 is 4.74 Å². The highest BCUT2D eigenvalue weighted by molar-refractivity contribution is 5.79. The van der Waals surface area contributed by atoms with Crippen molar-refractivity contribution in [3.63, 3.8) is 0 Å². The number of rotatable bonds is 5. The highest BCUT2D eigenvalue weighted by Crippen LogP contribution is 2.27. The van der Waals surface area contributed by atoms with Gasteiger partial charge in [0.25, 0.3) is 0 Å². The average Bonchev–Trinajstić information content (AvgIpc) is 2.43. The molecule has 0 heterocycles. The van der Waals surface area contributed by atoms with Crippen LogP contribution in [-0.4, -0.2) is 6.29 Å². The van der Waals surface area contributed by atoms with Crippen molar-refractivity contribution in [2.75, 3.05) is 0 Å². The van der Waals surface area contributed by atoms with E-state index in [1.165, 1.54) is 23.8 Å². The van der Waals surface area contributed by atoms with Crippen molar-refractivity contribution in [1.82, 2.24) is 0 Å². The molecule has 2 aromatic carbocycles. The second kappa shape index (κ2) is 6.14. The molecule has 0 aliphatic carbocycles. The normalized spacial score (nSPS) is 10.2. The minimum absolute atomic E-state index is 0.0271. The summed E-state index contributed by atoms with van der Waals surface area (Å²) in [6.45, 7) is 2.11. The number of carbonyl (C=O) groups excluding carboxylic acids is 1. The highest BCUT2D eigenvalue weighted by atomic mass is 19.1. The second-order valence-electron chi connectivity index (χ2n) is 4.27. The lowest BCUT2D eigenvalue weighted by Crippen LogP contribution is -1.94. The van der Waals surface area contributed by atoms with Crippen molar-refractivity contribution < 1.29 is 13.9 Å². The molecule has 0 aromatic heterocycles. The van der Waals surface area contributed by atoms with Crippen LogP contribution in [0.2, 0.25) is 0 Å². The van der Waals surface area contributed by atoms with Gasteiger partial charge in [-0.25, -0.2) is 4.39 Å². The van der Waals surface area contributed by atoms with Gasteiger partial charge >= 0.3 is 0 Å². The molecule has 0 saturated heterocycles. The van der Waals surface area contributed by atoms with E-state index in [9.17, 15) is 9.18 Å². The van der Waals surface area contributed by atoms with E-state index in [0.29, 0.717) is 12.0 Å². The lowest BCUT2D eigenvalue weighted by Gasteiger charge is -2.09. The van der Waals surface area contributed by atoms with Crippen molar-refractivity contribution in [3.8, 4) is 11.5 Å². The maximum atomic E-state index is 13.6. The fourth-order valence-electron chi connectivity index (χ4n) is 1.86. The predicted molar refractivity (Wildman–Crippen MR) is 72.3 cm³/mol. The Bertz CT molecular complexity index is 561. The molecule has 19 heavy (non-hydrogen) atoms. The van der Waals surface area contributed by atoms with Crippen LogP contribution in [0.25, 0.3) is 0 Å². The minimum Gasteiger partial charge on any atom is -0.454 e. The molecular weight excluding hydrogens is 243 g/mol. The third kappa shape index (κ3) is 3.19. The maximum absolute atomic E-state index is 13.6. The van der Waals surface area contributed by atoms with Gasteiger partial charge in [-0.3, -0.25) is 4.79 Å². The molecule has 0 unspecified atom stereocenters. The summed E-state index contributed by atoms with van der Waals surface area (Å²) in [6, 6.07) is 11.7. The van der Waals surface area contributed by atoms with Crippen molar-refractivity contribution in [1.29, 1.82) is 0 Å². The first kappa shape index (κ1) is 13.3. The first-order valence-corrected chi connectivity index (χ1v) is 6.25. The number of aldehydes is 1. The molecule has 0 saturated carbocycles. The average molecular weight is 258 g/mol. The lowest BCUT2D eigenvalue weighted by atomic mass is 10.1. The SMILES string of the molecule is CCCc1ccc(Oc2c(F)cccc2C=O)cc1. The summed E-state index contributed by atoms with van der Waals surface area (Å²) in [5, 5.41) is 0. The molecule has 2 aromatic rings. The Kier molecular flexibility index (Phi) is 4.29. The molecular formula is C16H15FO2. The Morgan fingerprint density at radius 1 is 1.16 bits per heavy atom. The predicted octanol–water partition coefficient (Wildman–Crippen LogP) is 4.38. The molecule has 2 rings (SSSR count). The van der Waals surface area contributed by atoms with E-state index in [4.69, 9.17) is 4.74 Å². The van der Waals surface area contributed by atoms with Crippen LogP contribution in [0.5, 0.6) is 11.5 Å². The van der Waals surface area contributed by atoms with Crippen molar-refractivity contribution in [3.05, 3.63) is 59.4 Å². The van der Waals surface area contributed by atoms with Crippen molar-refractivity contribution in [2.24, 2.45) is 0 Å². The summed E-state index contributed by atoms with van der Waals surface area (Å²) < 4.78 is 19.1. The fraction of sp³-hybridized carbons (Fsp3) is 0.188. The number of benzene rings is 2. The molecule has 0 aliphatic heterocycles. The van der Waals surface area contributed by atoms with Crippen LogP contribution >= 0.6 is 0 Å². The molecule has 98 valence electrons. The van der Waals surface area contributed by atoms with E-state index in [1.54, 1.807) is 12.1 Å². The number of aryl methyl sites for hydroxylation is 1. The summed E-state index contributed by atoms with van der Waals surface area (Å²) >= 11 is 0. The highest BCUT2D eigenvalue weighted by Gasteiger charge is 2.10. The third-order valence-corrected chi connectivity index (χ3v) is 2.81. The zero-order valence-electron chi connectivity index (χ0n) is 10.7. The summed E-state index contributed by atoms with van der Waals surface area (Å²) in [5.74, 6) is -0.0453. The van der Waals surface area contributed by atoms with Crippen molar-refractivity contribution in [2.45, 2.75) is 19.8 Å². The number of hydrogen-bond acceptors (Lipinski definition) is 2. The molecule has 2 nitrogen and oxygen atoms in total. The Labute approximate surface area is 111 Å². The first-order chi connectivity index (χ1) is 9.24. The Balaban J connectivity index is 2.23. The maximum Gasteiger partial charge on any atom is 0.173 e. The van der Waals surface area contributed by atoms with Gasteiger partial charge in [0.1, 0.15) is 5.75 Å². The van der Waals surface area contributed by atoms with E-state index in [2.05, 4.69) is 6.92 Å². The first-order valence-electron chi connectivity index (χ1n) is 6.25. The zero-order valence-corrected chi connectivity index (χ0v) is 10.7. The van der Waals surface area contributed by atoms with Gasteiger partial charge < -0.3 is 4.74 Å². The van der Waals surface area contributed by atoms with Gasteiger partial charge in [-0.1, -0.05) is 31.5 Å². The molecule has 0 N–H and O–H groups in total. The fourth-order valence-corrected chi connectivity index (χ4v) is 1.86. The monoisotopic (exact) mass is 258 g/mol. The molecule has 3 heteroatoms. The Morgan fingerprint density at radius 3 is 2.53 bits per heavy atom. The second-order valence-corrected chi connectivity index (χ2v) is 4.27. The van der Waals surface area contributed by atoms with E-state index in [1.807, 2.05) is 12.1 Å². The number of ether oxygens (including phenoxy) is 1. The molecule has 0 amide bonds. The van der Waals surface area contributed by atoms with Crippen molar-refractivity contribution >= 4 is 6.29 Å². The zero-order chi connectivity index (χ0) is 13.7. The van der Waals surface area contributed by atoms with Gasteiger partial charge in [0, 0.05) is 0 Å². The van der Waals surface area contributed by atoms with Gasteiger partial charge in [0.05, 0.1) is 5.56 Å². The quantitative estimate of drug-likeness (QED) is 0.744. The molecule has 0 spiro atoms. The topological polar surface area (TPSA) is 26.3 Å². The number of carbonyl (C=O) groups is 1. The van der Waals surface area contributed by atoms with Crippen LogP contribution in [0, 0.1) is 5.82 Å². The van der Waals surface area contributed by atoms with Crippen LogP contribution in [-0.2, 0) is 6.42 Å². The summed E-state index contributed by atoms with van der Waals surface area (Å²) in [7, 11) is 0.